The number of carbonyl (C=O) groups is 1. The number of carbonyl (C=O) groups excluding carboxylic acids is 1. The molecule has 0 saturated heterocycles. The van der Waals surface area contributed by atoms with Crippen molar-refractivity contribution in [2.75, 3.05) is 0 Å². The van der Waals surface area contributed by atoms with E-state index in [1.165, 1.54) is 0 Å². The molecule has 1 aromatic carbocycles. The average molecular weight is 206 g/mol. The summed E-state index contributed by atoms with van der Waals surface area (Å²) in [6, 6.07) is 9.35. The maximum absolute atomic E-state index is 11.5. The van der Waals surface area contributed by atoms with Gasteiger partial charge in [0.25, 0.3) is 0 Å². The second-order valence-electron chi connectivity index (χ2n) is 4.27. The predicted octanol–water partition coefficient (Wildman–Crippen LogP) is 1.39. The largest absolute Gasteiger partial charge is 0.346 e. The molecule has 0 aliphatic carbocycles. The molecule has 1 rings (SSSR count). The van der Waals surface area contributed by atoms with E-state index in [2.05, 4.69) is 5.32 Å². The Kier molecular flexibility index (Phi) is 3.48. The van der Waals surface area contributed by atoms with E-state index < -0.39 is 6.04 Å². The number of amides is 1. The first-order valence-electron chi connectivity index (χ1n) is 5.06. The van der Waals surface area contributed by atoms with Crippen LogP contribution in [0.25, 0.3) is 0 Å². The van der Waals surface area contributed by atoms with Gasteiger partial charge in [-0.1, -0.05) is 30.3 Å². The summed E-state index contributed by atoms with van der Waals surface area (Å²) in [4.78, 5) is 11.5. The molecule has 0 bridgehead atoms. The van der Waals surface area contributed by atoms with E-state index in [0.717, 1.165) is 5.56 Å². The molecule has 1 aromatic rings. The van der Waals surface area contributed by atoms with E-state index in [1.54, 1.807) is 6.92 Å². The van der Waals surface area contributed by atoms with Gasteiger partial charge in [-0.15, -0.1) is 0 Å². The van der Waals surface area contributed by atoms with Gasteiger partial charge in [0.1, 0.15) is 0 Å². The van der Waals surface area contributed by atoms with Crippen molar-refractivity contribution >= 4 is 5.91 Å². The summed E-state index contributed by atoms with van der Waals surface area (Å²) >= 11 is 0. The Hall–Kier alpha value is -1.35. The van der Waals surface area contributed by atoms with Gasteiger partial charge in [0.2, 0.25) is 5.91 Å². The fraction of sp³-hybridized carbons (Fsp3) is 0.417. The van der Waals surface area contributed by atoms with Crippen molar-refractivity contribution in [3.8, 4) is 0 Å². The molecule has 0 spiro atoms. The van der Waals surface area contributed by atoms with Crippen LogP contribution in [0.5, 0.6) is 0 Å². The molecule has 0 heterocycles. The predicted molar refractivity (Wildman–Crippen MR) is 61.3 cm³/mol. The third kappa shape index (κ3) is 3.06. The summed E-state index contributed by atoms with van der Waals surface area (Å²) in [5.74, 6) is -0.135. The molecule has 15 heavy (non-hydrogen) atoms. The van der Waals surface area contributed by atoms with E-state index in [-0.39, 0.29) is 11.4 Å². The van der Waals surface area contributed by atoms with Gasteiger partial charge in [-0.3, -0.25) is 4.79 Å². The molecular formula is C12H18N2O. The molecule has 3 N–H and O–H groups in total. The molecule has 0 aromatic heterocycles. The second-order valence-corrected chi connectivity index (χ2v) is 4.27. The molecule has 82 valence electrons. The molecule has 3 nitrogen and oxygen atoms in total. The van der Waals surface area contributed by atoms with Gasteiger partial charge in [0.05, 0.1) is 11.6 Å². The van der Waals surface area contributed by atoms with E-state index in [4.69, 9.17) is 5.73 Å². The monoisotopic (exact) mass is 206 g/mol. The van der Waals surface area contributed by atoms with Crippen LogP contribution in [0.3, 0.4) is 0 Å². The van der Waals surface area contributed by atoms with Crippen molar-refractivity contribution in [2.24, 2.45) is 5.73 Å². The molecule has 3 heteroatoms. The Morgan fingerprint density at radius 1 is 1.33 bits per heavy atom. The summed E-state index contributed by atoms with van der Waals surface area (Å²) in [6.45, 7) is 5.60. The van der Waals surface area contributed by atoms with E-state index in [1.807, 2.05) is 44.2 Å². The fourth-order valence-corrected chi connectivity index (χ4v) is 1.35. The van der Waals surface area contributed by atoms with Crippen molar-refractivity contribution in [2.45, 2.75) is 32.4 Å². The van der Waals surface area contributed by atoms with E-state index in [0.29, 0.717) is 0 Å². The average Bonchev–Trinajstić information content (AvgIpc) is 2.18. The van der Waals surface area contributed by atoms with Crippen LogP contribution in [-0.4, -0.2) is 11.9 Å². The molecule has 0 aliphatic heterocycles. The highest BCUT2D eigenvalue weighted by atomic mass is 16.2. The highest BCUT2D eigenvalue weighted by molar-refractivity contribution is 5.81. The van der Waals surface area contributed by atoms with Crippen molar-refractivity contribution in [3.05, 3.63) is 35.9 Å². The summed E-state index contributed by atoms with van der Waals surface area (Å²) in [5, 5.41) is 2.91. The van der Waals surface area contributed by atoms with E-state index >= 15 is 0 Å². The maximum Gasteiger partial charge on any atom is 0.237 e. The van der Waals surface area contributed by atoms with Gasteiger partial charge >= 0.3 is 0 Å². The minimum atomic E-state index is -0.479. The standard InChI is InChI=1S/C12H18N2O/c1-9(13)11(15)14-12(2,3)10-7-5-4-6-8-10/h4-9H,13H2,1-3H3,(H,14,15). The minimum Gasteiger partial charge on any atom is -0.346 e. The molecule has 1 amide bonds. The topological polar surface area (TPSA) is 55.1 Å². The van der Waals surface area contributed by atoms with Crippen LogP contribution in [0.15, 0.2) is 30.3 Å². The molecule has 1 atom stereocenters. The third-order valence-electron chi connectivity index (χ3n) is 2.34. The fourth-order valence-electron chi connectivity index (χ4n) is 1.35. The first-order chi connectivity index (χ1) is 6.93. The third-order valence-corrected chi connectivity index (χ3v) is 2.34. The highest BCUT2D eigenvalue weighted by Gasteiger charge is 2.23. The minimum absolute atomic E-state index is 0.135. The van der Waals surface area contributed by atoms with Crippen molar-refractivity contribution < 1.29 is 4.79 Å². The first kappa shape index (κ1) is 11.7. The van der Waals surface area contributed by atoms with Crippen molar-refractivity contribution in [1.82, 2.24) is 5.32 Å². The molecule has 1 unspecified atom stereocenters. The van der Waals surface area contributed by atoms with Crippen LogP contribution in [0.2, 0.25) is 0 Å². The van der Waals surface area contributed by atoms with Gasteiger partial charge in [-0.25, -0.2) is 0 Å². The molecule has 0 radical (unpaired) electrons. The van der Waals surface area contributed by atoms with Crippen LogP contribution in [0.1, 0.15) is 26.3 Å². The van der Waals surface area contributed by atoms with Gasteiger partial charge in [0, 0.05) is 0 Å². The quantitative estimate of drug-likeness (QED) is 0.785. The maximum atomic E-state index is 11.5. The number of nitrogens with two attached hydrogens (primary N) is 1. The van der Waals surface area contributed by atoms with Crippen molar-refractivity contribution in [1.29, 1.82) is 0 Å². The van der Waals surface area contributed by atoms with Gasteiger partial charge in [0.15, 0.2) is 0 Å². The van der Waals surface area contributed by atoms with Gasteiger partial charge in [-0.05, 0) is 26.3 Å². The zero-order chi connectivity index (χ0) is 11.5. The van der Waals surface area contributed by atoms with Crippen LogP contribution in [0, 0.1) is 0 Å². The molecule has 0 saturated carbocycles. The van der Waals surface area contributed by atoms with Crippen LogP contribution >= 0.6 is 0 Å². The first-order valence-corrected chi connectivity index (χ1v) is 5.06. The van der Waals surface area contributed by atoms with Gasteiger partial charge < -0.3 is 11.1 Å². The number of hydrogen-bond donors (Lipinski definition) is 2. The van der Waals surface area contributed by atoms with Crippen LogP contribution in [0.4, 0.5) is 0 Å². The molecular weight excluding hydrogens is 188 g/mol. The molecule has 0 aliphatic rings. The lowest BCUT2D eigenvalue weighted by molar-refractivity contribution is -0.123. The molecule has 0 fully saturated rings. The Morgan fingerprint density at radius 2 is 1.87 bits per heavy atom. The smallest absolute Gasteiger partial charge is 0.237 e. The number of nitrogens with one attached hydrogen (secondary N) is 1. The zero-order valence-corrected chi connectivity index (χ0v) is 9.45. The highest BCUT2D eigenvalue weighted by Crippen LogP contribution is 2.19. The Morgan fingerprint density at radius 3 is 2.33 bits per heavy atom. The SMILES string of the molecule is CC(N)C(=O)NC(C)(C)c1ccccc1. The zero-order valence-electron chi connectivity index (χ0n) is 9.45. The number of rotatable bonds is 3. The lowest BCUT2D eigenvalue weighted by Crippen LogP contribution is -2.47. The summed E-state index contributed by atoms with van der Waals surface area (Å²) in [5.41, 5.74) is 6.19. The summed E-state index contributed by atoms with van der Waals surface area (Å²) in [6.07, 6.45) is 0. The Bertz CT molecular complexity index is 331. The Balaban J connectivity index is 2.80. The van der Waals surface area contributed by atoms with Crippen molar-refractivity contribution in [3.63, 3.8) is 0 Å². The van der Waals surface area contributed by atoms with Gasteiger partial charge in [-0.2, -0.15) is 0 Å². The normalized spacial score (nSPS) is 13.3. The summed E-state index contributed by atoms with van der Waals surface area (Å²) in [7, 11) is 0. The lowest BCUT2D eigenvalue weighted by Gasteiger charge is -2.27. The van der Waals surface area contributed by atoms with E-state index in [9.17, 15) is 4.79 Å². The second kappa shape index (κ2) is 4.45. The van der Waals surface area contributed by atoms with Crippen LogP contribution < -0.4 is 11.1 Å². The number of benzene rings is 1. The summed E-state index contributed by atoms with van der Waals surface area (Å²) < 4.78 is 0. The number of hydrogen-bond acceptors (Lipinski definition) is 2. The Labute approximate surface area is 90.7 Å². The lowest BCUT2D eigenvalue weighted by atomic mass is 9.94. The van der Waals surface area contributed by atoms with Crippen LogP contribution in [-0.2, 0) is 10.3 Å².